The van der Waals surface area contributed by atoms with Crippen LogP contribution in [0.1, 0.15) is 19.8 Å². The Bertz CT molecular complexity index is 198. The molecule has 0 N–H and O–H groups in total. The number of nitrogens with zero attached hydrogens (tertiary/aromatic N) is 2. The average Bonchev–Trinajstić information content (AvgIpc) is 2.15. The Hall–Kier alpha value is -1.08. The predicted octanol–water partition coefficient (Wildman–Crippen LogP) is 0.783. The van der Waals surface area contributed by atoms with Gasteiger partial charge in [0.15, 0.2) is 0 Å². The molecule has 0 aliphatic carbocycles. The molecule has 0 saturated carbocycles. The van der Waals surface area contributed by atoms with E-state index in [2.05, 4.69) is 10.8 Å². The fraction of sp³-hybridized carbons (Fsp3) is 0.778. The number of carbonyl (C=O) groups is 1. The summed E-state index contributed by atoms with van der Waals surface area (Å²) in [4.78, 5) is 12.6. The summed E-state index contributed by atoms with van der Waals surface area (Å²) in [6, 6.07) is 2.03. The molecule has 0 aliphatic heterocycles. The lowest BCUT2D eigenvalue weighted by molar-refractivity contribution is -0.140. The minimum Gasteiger partial charge on any atom is -0.469 e. The van der Waals surface area contributed by atoms with Crippen LogP contribution in [-0.4, -0.2) is 37.6 Å². The van der Waals surface area contributed by atoms with Crippen molar-refractivity contribution in [1.82, 2.24) is 4.90 Å². The molecular weight excluding hydrogens is 168 g/mol. The highest BCUT2D eigenvalue weighted by molar-refractivity contribution is 5.69. The second-order valence-electron chi connectivity index (χ2n) is 2.97. The number of rotatable bonds is 5. The molecule has 0 aliphatic rings. The van der Waals surface area contributed by atoms with E-state index in [-0.39, 0.29) is 12.0 Å². The first-order chi connectivity index (χ1) is 6.11. The number of hydrogen-bond acceptors (Lipinski definition) is 4. The highest BCUT2D eigenvalue weighted by Crippen LogP contribution is 1.98. The lowest BCUT2D eigenvalue weighted by Crippen LogP contribution is -2.28. The van der Waals surface area contributed by atoms with Crippen molar-refractivity contribution < 1.29 is 9.53 Å². The van der Waals surface area contributed by atoms with Crippen LogP contribution in [0.3, 0.4) is 0 Å². The topological polar surface area (TPSA) is 53.3 Å². The largest absolute Gasteiger partial charge is 0.469 e. The SMILES string of the molecule is COC(=O)CCCN(C)C(C)C#N. The van der Waals surface area contributed by atoms with Crippen molar-refractivity contribution in [3.8, 4) is 6.07 Å². The van der Waals surface area contributed by atoms with Crippen LogP contribution in [0.5, 0.6) is 0 Å². The van der Waals surface area contributed by atoms with Crippen molar-refractivity contribution in [1.29, 1.82) is 5.26 Å². The van der Waals surface area contributed by atoms with Crippen LogP contribution in [0, 0.1) is 11.3 Å². The van der Waals surface area contributed by atoms with Gasteiger partial charge in [-0.1, -0.05) is 0 Å². The van der Waals surface area contributed by atoms with Crippen LogP contribution < -0.4 is 0 Å². The van der Waals surface area contributed by atoms with Gasteiger partial charge in [0.1, 0.15) is 0 Å². The number of methoxy groups -OCH3 is 1. The highest BCUT2D eigenvalue weighted by Gasteiger charge is 2.07. The normalized spacial score (nSPS) is 12.2. The molecule has 0 spiro atoms. The molecule has 1 atom stereocenters. The van der Waals surface area contributed by atoms with Crippen molar-refractivity contribution in [2.75, 3.05) is 20.7 Å². The van der Waals surface area contributed by atoms with E-state index in [1.165, 1.54) is 7.11 Å². The first kappa shape index (κ1) is 11.9. The molecule has 0 bridgehead atoms. The van der Waals surface area contributed by atoms with Crippen molar-refractivity contribution in [2.24, 2.45) is 0 Å². The summed E-state index contributed by atoms with van der Waals surface area (Å²) in [6.07, 6.45) is 1.15. The van der Waals surface area contributed by atoms with Crippen LogP contribution in [0.25, 0.3) is 0 Å². The fourth-order valence-electron chi connectivity index (χ4n) is 0.867. The molecule has 74 valence electrons. The molecular formula is C9H16N2O2. The van der Waals surface area contributed by atoms with Gasteiger partial charge in [-0.3, -0.25) is 9.69 Å². The van der Waals surface area contributed by atoms with Crippen LogP contribution in [0.2, 0.25) is 0 Å². The molecule has 0 rings (SSSR count). The van der Waals surface area contributed by atoms with Crippen LogP contribution in [0.4, 0.5) is 0 Å². The van der Waals surface area contributed by atoms with Gasteiger partial charge in [-0.05, 0) is 26.9 Å². The van der Waals surface area contributed by atoms with E-state index in [0.717, 1.165) is 13.0 Å². The zero-order chi connectivity index (χ0) is 10.3. The summed E-state index contributed by atoms with van der Waals surface area (Å²) < 4.78 is 4.50. The van der Waals surface area contributed by atoms with Gasteiger partial charge in [0.2, 0.25) is 0 Å². The summed E-state index contributed by atoms with van der Waals surface area (Å²) in [6.45, 7) is 2.57. The molecule has 0 aromatic heterocycles. The van der Waals surface area contributed by atoms with Crippen LogP contribution >= 0.6 is 0 Å². The number of carbonyl (C=O) groups excluding carboxylic acids is 1. The third kappa shape index (κ3) is 5.21. The molecule has 0 saturated heterocycles. The Morgan fingerprint density at radius 3 is 2.77 bits per heavy atom. The second-order valence-corrected chi connectivity index (χ2v) is 2.97. The summed E-state index contributed by atoms with van der Waals surface area (Å²) in [5.41, 5.74) is 0. The molecule has 1 unspecified atom stereocenters. The van der Waals surface area contributed by atoms with Crippen LogP contribution in [0.15, 0.2) is 0 Å². The minimum atomic E-state index is -0.196. The molecule has 0 aromatic carbocycles. The smallest absolute Gasteiger partial charge is 0.305 e. The maximum atomic E-state index is 10.7. The number of esters is 1. The Morgan fingerprint density at radius 1 is 1.69 bits per heavy atom. The molecule has 0 amide bonds. The molecule has 0 fully saturated rings. The lowest BCUT2D eigenvalue weighted by Gasteiger charge is -2.17. The Kier molecular flexibility index (Phi) is 5.90. The van der Waals surface area contributed by atoms with E-state index in [4.69, 9.17) is 5.26 Å². The standard InChI is InChI=1S/C9H16N2O2/c1-8(7-10)11(2)6-4-5-9(12)13-3/h8H,4-6H2,1-3H3. The average molecular weight is 184 g/mol. The third-order valence-corrected chi connectivity index (χ3v) is 1.97. The van der Waals surface area contributed by atoms with Gasteiger partial charge < -0.3 is 4.74 Å². The van der Waals surface area contributed by atoms with E-state index in [1.807, 2.05) is 18.9 Å². The van der Waals surface area contributed by atoms with Gasteiger partial charge in [0.25, 0.3) is 0 Å². The number of hydrogen-bond donors (Lipinski definition) is 0. The first-order valence-corrected chi connectivity index (χ1v) is 4.28. The Labute approximate surface area is 79.1 Å². The molecule has 0 heterocycles. The third-order valence-electron chi connectivity index (χ3n) is 1.97. The van der Waals surface area contributed by atoms with Gasteiger partial charge in [0.05, 0.1) is 19.2 Å². The highest BCUT2D eigenvalue weighted by atomic mass is 16.5. The van der Waals surface area contributed by atoms with Gasteiger partial charge in [-0.25, -0.2) is 0 Å². The first-order valence-electron chi connectivity index (χ1n) is 4.28. The van der Waals surface area contributed by atoms with E-state index < -0.39 is 0 Å². The number of ether oxygens (including phenoxy) is 1. The zero-order valence-corrected chi connectivity index (χ0v) is 8.41. The van der Waals surface area contributed by atoms with Crippen molar-refractivity contribution in [3.05, 3.63) is 0 Å². The van der Waals surface area contributed by atoms with E-state index in [1.54, 1.807) is 0 Å². The van der Waals surface area contributed by atoms with Crippen molar-refractivity contribution in [2.45, 2.75) is 25.8 Å². The molecule has 4 heteroatoms. The number of nitriles is 1. The summed E-state index contributed by atoms with van der Waals surface area (Å²) in [5, 5.41) is 8.58. The Balaban J connectivity index is 3.54. The monoisotopic (exact) mass is 184 g/mol. The molecule has 4 nitrogen and oxygen atoms in total. The summed E-state index contributed by atoms with van der Waals surface area (Å²) in [7, 11) is 3.25. The van der Waals surface area contributed by atoms with Crippen LogP contribution in [-0.2, 0) is 9.53 Å². The molecule has 13 heavy (non-hydrogen) atoms. The maximum Gasteiger partial charge on any atom is 0.305 e. The summed E-state index contributed by atoms with van der Waals surface area (Å²) in [5.74, 6) is -0.196. The summed E-state index contributed by atoms with van der Waals surface area (Å²) >= 11 is 0. The fourth-order valence-corrected chi connectivity index (χ4v) is 0.867. The maximum absolute atomic E-state index is 10.7. The van der Waals surface area contributed by atoms with Gasteiger partial charge in [-0.15, -0.1) is 0 Å². The minimum absolute atomic E-state index is 0.0994. The Morgan fingerprint density at radius 2 is 2.31 bits per heavy atom. The molecule has 0 aromatic rings. The second kappa shape index (κ2) is 6.44. The van der Waals surface area contributed by atoms with E-state index in [0.29, 0.717) is 6.42 Å². The predicted molar refractivity (Wildman–Crippen MR) is 49.0 cm³/mol. The van der Waals surface area contributed by atoms with Gasteiger partial charge >= 0.3 is 5.97 Å². The quantitative estimate of drug-likeness (QED) is 0.592. The van der Waals surface area contributed by atoms with Gasteiger partial charge in [-0.2, -0.15) is 5.26 Å². The molecule has 0 radical (unpaired) electrons. The lowest BCUT2D eigenvalue weighted by atomic mass is 10.2. The van der Waals surface area contributed by atoms with Crippen molar-refractivity contribution >= 4 is 5.97 Å². The zero-order valence-electron chi connectivity index (χ0n) is 8.41. The van der Waals surface area contributed by atoms with E-state index in [9.17, 15) is 4.79 Å². The van der Waals surface area contributed by atoms with Crippen molar-refractivity contribution in [3.63, 3.8) is 0 Å². The van der Waals surface area contributed by atoms with E-state index >= 15 is 0 Å². The van der Waals surface area contributed by atoms with Gasteiger partial charge in [0, 0.05) is 6.42 Å².